The van der Waals surface area contributed by atoms with Gasteiger partial charge in [-0.15, -0.1) is 24.8 Å². The highest BCUT2D eigenvalue weighted by atomic mass is 79.9. The average molecular weight is 370 g/mol. The summed E-state index contributed by atoms with van der Waals surface area (Å²) < 4.78 is 1.19. The molecule has 0 bridgehead atoms. The molecule has 0 unspecified atom stereocenters. The van der Waals surface area contributed by atoms with E-state index < -0.39 is 0 Å². The molecule has 110 valence electrons. The maximum atomic E-state index is 3.57. The Morgan fingerprint density at radius 3 is 2.53 bits per heavy atom. The largest absolute Gasteiger partial charge is 0.314 e. The SMILES string of the molecule is CCC[C@H](c1cccc(Br)c1)N1CCNCC1.Cl.Cl. The van der Waals surface area contributed by atoms with Gasteiger partial charge in [-0.2, -0.15) is 0 Å². The molecule has 0 aromatic heterocycles. The predicted octanol–water partition coefficient (Wildman–Crippen LogP) is 4.04. The third-order valence-electron chi connectivity index (χ3n) is 3.39. The van der Waals surface area contributed by atoms with Crippen LogP contribution in [0.4, 0.5) is 0 Å². The highest BCUT2D eigenvalue weighted by Crippen LogP contribution is 2.27. The Hall–Kier alpha value is 0.200. The van der Waals surface area contributed by atoms with Crippen LogP contribution in [0.2, 0.25) is 0 Å². The third kappa shape index (κ3) is 5.60. The molecule has 1 atom stereocenters. The second kappa shape index (κ2) is 10.0. The van der Waals surface area contributed by atoms with Crippen molar-refractivity contribution in [1.29, 1.82) is 0 Å². The molecule has 0 amide bonds. The van der Waals surface area contributed by atoms with Crippen molar-refractivity contribution in [2.45, 2.75) is 25.8 Å². The zero-order valence-electron chi connectivity index (χ0n) is 11.3. The molecule has 0 radical (unpaired) electrons. The molecular weight excluding hydrogens is 347 g/mol. The van der Waals surface area contributed by atoms with Crippen molar-refractivity contribution in [1.82, 2.24) is 10.2 Å². The van der Waals surface area contributed by atoms with Gasteiger partial charge in [0, 0.05) is 36.7 Å². The summed E-state index contributed by atoms with van der Waals surface area (Å²) in [6.45, 7) is 6.84. The van der Waals surface area contributed by atoms with E-state index in [4.69, 9.17) is 0 Å². The van der Waals surface area contributed by atoms with Crippen molar-refractivity contribution in [3.05, 3.63) is 34.3 Å². The van der Waals surface area contributed by atoms with Gasteiger partial charge in [0.2, 0.25) is 0 Å². The van der Waals surface area contributed by atoms with Crippen LogP contribution in [-0.4, -0.2) is 31.1 Å². The van der Waals surface area contributed by atoms with E-state index in [0.717, 1.165) is 26.2 Å². The predicted molar refractivity (Wildman–Crippen MR) is 90.7 cm³/mol. The molecule has 0 saturated carbocycles. The van der Waals surface area contributed by atoms with Crippen LogP contribution >= 0.6 is 40.7 Å². The second-order valence-corrected chi connectivity index (χ2v) is 5.56. The van der Waals surface area contributed by atoms with Crippen LogP contribution in [0.15, 0.2) is 28.7 Å². The van der Waals surface area contributed by atoms with Crippen LogP contribution in [0.5, 0.6) is 0 Å². The number of hydrogen-bond donors (Lipinski definition) is 1. The molecule has 1 heterocycles. The summed E-state index contributed by atoms with van der Waals surface area (Å²) >= 11 is 3.57. The van der Waals surface area contributed by atoms with Gasteiger partial charge in [0.15, 0.2) is 0 Å². The molecule has 19 heavy (non-hydrogen) atoms. The molecule has 1 N–H and O–H groups in total. The van der Waals surface area contributed by atoms with Crippen LogP contribution in [0.3, 0.4) is 0 Å². The monoisotopic (exact) mass is 368 g/mol. The zero-order valence-corrected chi connectivity index (χ0v) is 14.5. The molecule has 0 spiro atoms. The number of halogens is 3. The van der Waals surface area contributed by atoms with Crippen molar-refractivity contribution in [2.75, 3.05) is 26.2 Å². The van der Waals surface area contributed by atoms with Gasteiger partial charge >= 0.3 is 0 Å². The molecule has 1 aliphatic heterocycles. The summed E-state index contributed by atoms with van der Waals surface area (Å²) in [4.78, 5) is 2.61. The lowest BCUT2D eigenvalue weighted by Crippen LogP contribution is -2.45. The molecular formula is C14H23BrCl2N2. The summed E-state index contributed by atoms with van der Waals surface area (Å²) in [5, 5.41) is 3.42. The van der Waals surface area contributed by atoms with Crippen LogP contribution < -0.4 is 5.32 Å². The van der Waals surface area contributed by atoms with Crippen molar-refractivity contribution in [3.63, 3.8) is 0 Å². The fourth-order valence-electron chi connectivity index (χ4n) is 2.54. The van der Waals surface area contributed by atoms with E-state index in [-0.39, 0.29) is 24.8 Å². The van der Waals surface area contributed by atoms with E-state index >= 15 is 0 Å². The lowest BCUT2D eigenvalue weighted by atomic mass is 10.00. The smallest absolute Gasteiger partial charge is 0.0349 e. The fourth-order valence-corrected chi connectivity index (χ4v) is 2.96. The Balaban J connectivity index is 0.00000162. The maximum Gasteiger partial charge on any atom is 0.0349 e. The Labute approximate surface area is 137 Å². The summed E-state index contributed by atoms with van der Waals surface area (Å²) in [6, 6.07) is 9.35. The molecule has 1 aromatic rings. The number of benzene rings is 1. The second-order valence-electron chi connectivity index (χ2n) is 4.65. The lowest BCUT2D eigenvalue weighted by molar-refractivity contribution is 0.164. The normalized spacial score (nSPS) is 17.2. The highest BCUT2D eigenvalue weighted by molar-refractivity contribution is 9.10. The van der Waals surface area contributed by atoms with Gasteiger partial charge in [-0.05, 0) is 24.1 Å². The first-order valence-electron chi connectivity index (χ1n) is 6.51. The van der Waals surface area contributed by atoms with Crippen molar-refractivity contribution >= 4 is 40.7 Å². The van der Waals surface area contributed by atoms with Gasteiger partial charge in [0.05, 0.1) is 0 Å². The van der Waals surface area contributed by atoms with Crippen LogP contribution in [-0.2, 0) is 0 Å². The van der Waals surface area contributed by atoms with Crippen LogP contribution in [0.25, 0.3) is 0 Å². The third-order valence-corrected chi connectivity index (χ3v) is 3.88. The minimum absolute atomic E-state index is 0. The first-order chi connectivity index (χ1) is 8.31. The molecule has 1 aromatic carbocycles. The van der Waals surface area contributed by atoms with Crippen molar-refractivity contribution in [3.8, 4) is 0 Å². The quantitative estimate of drug-likeness (QED) is 0.861. The molecule has 1 saturated heterocycles. The molecule has 2 nitrogen and oxygen atoms in total. The number of hydrogen-bond acceptors (Lipinski definition) is 2. The van der Waals surface area contributed by atoms with Gasteiger partial charge in [0.1, 0.15) is 0 Å². The van der Waals surface area contributed by atoms with Crippen LogP contribution in [0, 0.1) is 0 Å². The highest BCUT2D eigenvalue weighted by Gasteiger charge is 2.21. The number of nitrogens with zero attached hydrogens (tertiary/aromatic N) is 1. The standard InChI is InChI=1S/C14H21BrN2.2ClH/c1-2-4-14(17-9-7-16-8-10-17)12-5-3-6-13(15)11-12;;/h3,5-6,11,14,16H,2,4,7-10H2,1H3;2*1H/t14-;;/m1../s1. The molecule has 1 aliphatic rings. The summed E-state index contributed by atoms with van der Waals surface area (Å²) in [7, 11) is 0. The lowest BCUT2D eigenvalue weighted by Gasteiger charge is -2.35. The summed E-state index contributed by atoms with van der Waals surface area (Å²) in [6.07, 6.45) is 2.48. The Morgan fingerprint density at radius 2 is 1.95 bits per heavy atom. The summed E-state index contributed by atoms with van der Waals surface area (Å²) in [5.74, 6) is 0. The fraction of sp³-hybridized carbons (Fsp3) is 0.571. The molecule has 0 aliphatic carbocycles. The van der Waals surface area contributed by atoms with Gasteiger partial charge in [-0.1, -0.05) is 41.4 Å². The van der Waals surface area contributed by atoms with Crippen LogP contribution in [0.1, 0.15) is 31.4 Å². The molecule has 5 heteroatoms. The van der Waals surface area contributed by atoms with E-state index in [2.05, 4.69) is 57.3 Å². The Bertz CT molecular complexity index is 357. The maximum absolute atomic E-state index is 3.57. The zero-order chi connectivity index (χ0) is 12.1. The van der Waals surface area contributed by atoms with E-state index in [1.165, 1.54) is 22.9 Å². The van der Waals surface area contributed by atoms with E-state index in [9.17, 15) is 0 Å². The van der Waals surface area contributed by atoms with E-state index in [1.54, 1.807) is 0 Å². The first kappa shape index (κ1) is 19.2. The first-order valence-corrected chi connectivity index (χ1v) is 7.31. The molecule has 2 rings (SSSR count). The van der Waals surface area contributed by atoms with E-state index in [0.29, 0.717) is 6.04 Å². The minimum Gasteiger partial charge on any atom is -0.314 e. The average Bonchev–Trinajstić information content (AvgIpc) is 2.37. The number of rotatable bonds is 4. The minimum atomic E-state index is 0. The van der Waals surface area contributed by atoms with Crippen molar-refractivity contribution in [2.24, 2.45) is 0 Å². The topological polar surface area (TPSA) is 15.3 Å². The Morgan fingerprint density at radius 1 is 1.26 bits per heavy atom. The van der Waals surface area contributed by atoms with Gasteiger partial charge in [-0.25, -0.2) is 0 Å². The van der Waals surface area contributed by atoms with E-state index in [1.807, 2.05) is 0 Å². The molecule has 1 fully saturated rings. The Kier molecular flexibility index (Phi) is 10.1. The summed E-state index contributed by atoms with van der Waals surface area (Å²) in [5.41, 5.74) is 1.45. The van der Waals surface area contributed by atoms with Gasteiger partial charge in [-0.3, -0.25) is 4.90 Å². The van der Waals surface area contributed by atoms with Gasteiger partial charge < -0.3 is 5.32 Å². The van der Waals surface area contributed by atoms with Crippen molar-refractivity contribution < 1.29 is 0 Å². The number of nitrogens with one attached hydrogen (secondary N) is 1. The van der Waals surface area contributed by atoms with Gasteiger partial charge in [0.25, 0.3) is 0 Å². The number of piperazine rings is 1.